The van der Waals surface area contributed by atoms with Gasteiger partial charge in [0, 0.05) is 11.6 Å². The molecule has 0 N–H and O–H groups in total. The molecule has 1 aliphatic heterocycles. The lowest BCUT2D eigenvalue weighted by Gasteiger charge is -2.23. The summed E-state index contributed by atoms with van der Waals surface area (Å²) in [6, 6.07) is 14.7. The van der Waals surface area contributed by atoms with Crippen LogP contribution in [-0.2, 0) is 4.74 Å². The first-order valence-corrected chi connectivity index (χ1v) is 11.5. The van der Waals surface area contributed by atoms with Gasteiger partial charge in [-0.15, -0.1) is 6.58 Å². The lowest BCUT2D eigenvalue weighted by Crippen LogP contribution is -2.26. The van der Waals surface area contributed by atoms with Crippen molar-refractivity contribution in [3.8, 4) is 0 Å². The van der Waals surface area contributed by atoms with E-state index < -0.39 is 0 Å². The molecule has 0 atom stereocenters. The maximum absolute atomic E-state index is 4.93. The average molecular weight is 424 g/mol. The summed E-state index contributed by atoms with van der Waals surface area (Å²) in [5, 5.41) is 0. The van der Waals surface area contributed by atoms with Gasteiger partial charge in [0.05, 0.1) is 18.9 Å². The quantitative estimate of drug-likeness (QED) is 0.357. The molecule has 1 fully saturated rings. The zero-order valence-electron chi connectivity index (χ0n) is 21.5. The third kappa shape index (κ3) is 13.0. The van der Waals surface area contributed by atoms with Crippen LogP contribution in [0.3, 0.4) is 0 Å². The molecule has 0 radical (unpaired) electrons. The summed E-state index contributed by atoms with van der Waals surface area (Å²) in [6.45, 7) is 24.4. The maximum atomic E-state index is 4.93. The number of nitrogens with zero attached hydrogens (tertiary/aromatic N) is 1. The summed E-state index contributed by atoms with van der Waals surface area (Å²) < 4.78 is 4.93. The Morgan fingerprint density at radius 1 is 0.935 bits per heavy atom. The summed E-state index contributed by atoms with van der Waals surface area (Å²) in [5.41, 5.74) is 8.28. The van der Waals surface area contributed by atoms with Crippen LogP contribution in [0.4, 0.5) is 5.69 Å². The highest BCUT2D eigenvalue weighted by atomic mass is 16.5. The van der Waals surface area contributed by atoms with Gasteiger partial charge in [-0.25, -0.2) is 0 Å². The highest BCUT2D eigenvalue weighted by molar-refractivity contribution is 6.01. The molecule has 0 amide bonds. The average Bonchev–Trinajstić information content (AvgIpc) is 2.65. The van der Waals surface area contributed by atoms with Crippen LogP contribution in [0.15, 0.2) is 59.6 Å². The van der Waals surface area contributed by atoms with Gasteiger partial charge >= 0.3 is 0 Å². The van der Waals surface area contributed by atoms with Gasteiger partial charge < -0.3 is 4.74 Å². The van der Waals surface area contributed by atoms with E-state index in [9.17, 15) is 0 Å². The van der Waals surface area contributed by atoms with Crippen LogP contribution in [-0.4, -0.2) is 18.9 Å². The second-order valence-corrected chi connectivity index (χ2v) is 8.53. The van der Waals surface area contributed by atoms with Crippen molar-refractivity contribution in [1.82, 2.24) is 0 Å². The van der Waals surface area contributed by atoms with Crippen LogP contribution in [0.25, 0.3) is 0 Å². The summed E-state index contributed by atoms with van der Waals surface area (Å²) in [4.78, 5) is 4.75. The predicted octanol–water partition coefficient (Wildman–Crippen LogP) is 8.79. The molecule has 1 heterocycles. The normalized spacial score (nSPS) is 12.7. The number of hydrogen-bond donors (Lipinski definition) is 0. The zero-order chi connectivity index (χ0) is 23.8. The largest absolute Gasteiger partial charge is 0.381 e. The summed E-state index contributed by atoms with van der Waals surface area (Å²) >= 11 is 0. The third-order valence-corrected chi connectivity index (χ3v) is 4.47. The van der Waals surface area contributed by atoms with Crippen molar-refractivity contribution in [2.45, 2.75) is 75.2 Å². The Balaban J connectivity index is 0.000000565. The van der Waals surface area contributed by atoms with E-state index in [2.05, 4.69) is 85.4 Å². The third-order valence-electron chi connectivity index (χ3n) is 4.47. The van der Waals surface area contributed by atoms with Gasteiger partial charge in [0.25, 0.3) is 0 Å². The second-order valence-electron chi connectivity index (χ2n) is 8.53. The smallest absolute Gasteiger partial charge is 0.0662 e. The number of aliphatic imine (C=N–C) groups is 1. The minimum Gasteiger partial charge on any atom is -0.381 e. The fourth-order valence-corrected chi connectivity index (χ4v) is 2.58. The van der Waals surface area contributed by atoms with E-state index in [1.807, 2.05) is 26.0 Å². The fourth-order valence-electron chi connectivity index (χ4n) is 2.58. The highest BCUT2D eigenvalue weighted by Gasteiger charge is 2.14. The number of hydrogen-bond acceptors (Lipinski definition) is 2. The maximum Gasteiger partial charge on any atom is 0.0662 e. The van der Waals surface area contributed by atoms with Crippen molar-refractivity contribution in [3.05, 3.63) is 76.9 Å². The Bertz CT molecular complexity index is 793. The molecule has 1 saturated heterocycles. The Kier molecular flexibility index (Phi) is 15.3. The summed E-state index contributed by atoms with van der Waals surface area (Å²) in [5.74, 6) is 0.894. The fraction of sp³-hybridized carbons (Fsp3) is 0.483. The Labute approximate surface area is 192 Å². The summed E-state index contributed by atoms with van der Waals surface area (Å²) in [6.07, 6.45) is 2.54. The molecular formula is C29H45NO. The molecule has 172 valence electrons. The van der Waals surface area contributed by atoms with E-state index >= 15 is 0 Å². The molecule has 2 heteroatoms. The van der Waals surface area contributed by atoms with E-state index in [1.165, 1.54) is 40.7 Å². The molecule has 0 bridgehead atoms. The lowest BCUT2D eigenvalue weighted by atomic mass is 10.0. The topological polar surface area (TPSA) is 21.6 Å². The number of rotatable bonds is 3. The first-order chi connectivity index (χ1) is 14.7. The molecule has 0 spiro atoms. The van der Waals surface area contributed by atoms with Crippen molar-refractivity contribution < 1.29 is 4.74 Å². The van der Waals surface area contributed by atoms with Crippen LogP contribution in [0.2, 0.25) is 0 Å². The van der Waals surface area contributed by atoms with E-state index in [4.69, 9.17) is 9.73 Å². The minimum absolute atomic E-state index is 0.894. The molecule has 0 unspecified atom stereocenters. The van der Waals surface area contributed by atoms with Gasteiger partial charge in [0.1, 0.15) is 0 Å². The van der Waals surface area contributed by atoms with E-state index in [-0.39, 0.29) is 0 Å². The van der Waals surface area contributed by atoms with Gasteiger partial charge in [0.15, 0.2) is 0 Å². The first kappa shape index (κ1) is 28.8. The SMILES string of the molecule is C=C(C)C.CC(=Nc1ccccc1C)c1cc(C)ccc1C.CCC.CCC1COC1. The monoisotopic (exact) mass is 423 g/mol. The van der Waals surface area contributed by atoms with Gasteiger partial charge in [-0.3, -0.25) is 4.99 Å². The Hall–Kier alpha value is -2.19. The van der Waals surface area contributed by atoms with Crippen molar-refractivity contribution in [2.75, 3.05) is 13.2 Å². The molecule has 1 aliphatic rings. The number of para-hydroxylation sites is 1. The first-order valence-electron chi connectivity index (χ1n) is 11.5. The minimum atomic E-state index is 0.894. The van der Waals surface area contributed by atoms with Crippen molar-refractivity contribution in [1.29, 1.82) is 0 Å². The van der Waals surface area contributed by atoms with Crippen molar-refractivity contribution in [3.63, 3.8) is 0 Å². The molecular weight excluding hydrogens is 378 g/mol. The molecule has 2 aromatic carbocycles. The number of aryl methyl sites for hydroxylation is 3. The Morgan fingerprint density at radius 2 is 1.48 bits per heavy atom. The molecule has 3 rings (SSSR count). The van der Waals surface area contributed by atoms with Gasteiger partial charge in [-0.05, 0) is 76.8 Å². The van der Waals surface area contributed by atoms with Crippen LogP contribution in [0.1, 0.15) is 76.6 Å². The van der Waals surface area contributed by atoms with E-state index in [1.54, 1.807) is 0 Å². The number of ether oxygens (including phenoxy) is 1. The molecule has 2 nitrogen and oxygen atoms in total. The molecule has 0 saturated carbocycles. The van der Waals surface area contributed by atoms with Crippen LogP contribution in [0, 0.1) is 26.7 Å². The molecule has 0 aromatic heterocycles. The molecule has 2 aromatic rings. The van der Waals surface area contributed by atoms with Gasteiger partial charge in [-0.1, -0.05) is 68.7 Å². The van der Waals surface area contributed by atoms with Gasteiger partial charge in [-0.2, -0.15) is 0 Å². The lowest BCUT2D eigenvalue weighted by molar-refractivity contribution is -0.0331. The Morgan fingerprint density at radius 3 is 1.90 bits per heavy atom. The number of benzene rings is 2. The predicted molar refractivity (Wildman–Crippen MR) is 140 cm³/mol. The van der Waals surface area contributed by atoms with Crippen LogP contribution in [0.5, 0.6) is 0 Å². The molecule has 0 aliphatic carbocycles. The van der Waals surface area contributed by atoms with Crippen molar-refractivity contribution in [2.24, 2.45) is 10.9 Å². The van der Waals surface area contributed by atoms with Gasteiger partial charge in [0.2, 0.25) is 0 Å². The van der Waals surface area contributed by atoms with Crippen molar-refractivity contribution >= 4 is 11.4 Å². The number of allylic oxidation sites excluding steroid dienone is 1. The molecule has 31 heavy (non-hydrogen) atoms. The second kappa shape index (κ2) is 16.5. The standard InChI is InChI=1S/C17H19N.C5H10O.C4H8.C3H8/c1-12-9-10-13(2)16(11-12)15(4)18-17-8-6-5-7-14(17)3;1-2-5-3-6-4-5;1-4(2)3;1-3-2/h5-11H,1-4H3;5H,2-4H2,1H3;1H2,2-3H3;3H2,1-2H3. The van der Waals surface area contributed by atoms with Crippen LogP contribution < -0.4 is 0 Å². The van der Waals surface area contributed by atoms with Crippen LogP contribution >= 0.6 is 0 Å². The highest BCUT2D eigenvalue weighted by Crippen LogP contribution is 2.20. The zero-order valence-corrected chi connectivity index (χ0v) is 21.5. The van der Waals surface area contributed by atoms with E-state index in [0.717, 1.165) is 30.5 Å². The summed E-state index contributed by atoms with van der Waals surface area (Å²) in [7, 11) is 0. The van der Waals surface area contributed by atoms with E-state index in [0.29, 0.717) is 0 Å².